The third-order valence-electron chi connectivity index (χ3n) is 5.40. The number of carbonyl (C=O) groups excluding carboxylic acids is 1. The van der Waals surface area contributed by atoms with E-state index in [1.54, 1.807) is 66.9 Å². The van der Waals surface area contributed by atoms with Crippen molar-refractivity contribution in [2.75, 3.05) is 19.1 Å². The van der Waals surface area contributed by atoms with Crippen LogP contribution >= 0.6 is 0 Å². The number of rotatable bonds is 4. The molecule has 7 nitrogen and oxygen atoms in total. The molecule has 1 aliphatic rings. The Hall–Kier alpha value is -4.13. The predicted octanol–water partition coefficient (Wildman–Crippen LogP) is 3.96. The van der Waals surface area contributed by atoms with E-state index in [9.17, 15) is 9.59 Å². The van der Waals surface area contributed by atoms with Crippen molar-refractivity contribution < 1.29 is 18.7 Å². The molecule has 7 heteroatoms. The molecule has 0 N–H and O–H groups in total. The lowest BCUT2D eigenvalue weighted by Crippen LogP contribution is -2.30. The highest BCUT2D eigenvalue weighted by atomic mass is 16.5. The van der Waals surface area contributed by atoms with Gasteiger partial charge in [-0.15, -0.1) is 0 Å². The Kier molecular flexibility index (Phi) is 4.43. The zero-order chi connectivity index (χ0) is 21.5. The van der Waals surface area contributed by atoms with Crippen molar-refractivity contribution in [3.8, 4) is 11.5 Å². The quantitative estimate of drug-likeness (QED) is 0.503. The average molecular weight is 414 g/mol. The minimum atomic E-state index is -0.789. The lowest BCUT2D eigenvalue weighted by molar-refractivity contribution is 0.0970. The van der Waals surface area contributed by atoms with Gasteiger partial charge in [-0.1, -0.05) is 30.3 Å². The van der Waals surface area contributed by atoms with Gasteiger partial charge in [0.2, 0.25) is 5.76 Å². The van der Waals surface area contributed by atoms with Gasteiger partial charge in [-0.3, -0.25) is 14.5 Å². The summed E-state index contributed by atoms with van der Waals surface area (Å²) in [5.41, 5.74) is 0.945. The maximum absolute atomic E-state index is 13.5. The maximum Gasteiger partial charge on any atom is 0.296 e. The van der Waals surface area contributed by atoms with Gasteiger partial charge in [-0.2, -0.15) is 0 Å². The molecule has 4 aromatic rings. The standard InChI is InChI=1S/C24H18N2O5/c1-29-17-11-7-9-15(22(17)30-2)20-19-21(27)14-8-3-4-10-16(14)31-23(19)24(28)26(20)18-12-5-6-13-25-18/h3-13,20H,1-2H3. The molecule has 0 fully saturated rings. The second kappa shape index (κ2) is 7.28. The second-order valence-electron chi connectivity index (χ2n) is 7.02. The number of aromatic nitrogens is 1. The molecule has 1 unspecified atom stereocenters. The van der Waals surface area contributed by atoms with Gasteiger partial charge >= 0.3 is 0 Å². The van der Waals surface area contributed by atoms with Gasteiger partial charge in [0, 0.05) is 11.8 Å². The third-order valence-corrected chi connectivity index (χ3v) is 5.40. The molecule has 154 valence electrons. The van der Waals surface area contributed by atoms with Crippen molar-refractivity contribution in [1.29, 1.82) is 0 Å². The molecule has 1 aliphatic heterocycles. The molecular weight excluding hydrogens is 396 g/mol. The first-order valence-electron chi connectivity index (χ1n) is 9.67. The van der Waals surface area contributed by atoms with Crippen LogP contribution in [0.15, 0.2) is 76.1 Å². The molecule has 3 heterocycles. The van der Waals surface area contributed by atoms with Crippen LogP contribution in [0, 0.1) is 0 Å². The zero-order valence-corrected chi connectivity index (χ0v) is 16.9. The van der Waals surface area contributed by atoms with Crippen LogP contribution in [0.4, 0.5) is 5.82 Å². The minimum absolute atomic E-state index is 0.00391. The fourth-order valence-electron chi connectivity index (χ4n) is 4.07. The lowest BCUT2D eigenvalue weighted by Gasteiger charge is -2.26. The summed E-state index contributed by atoms with van der Waals surface area (Å²) in [5, 5.41) is 0.406. The Morgan fingerprint density at radius 3 is 2.48 bits per heavy atom. The van der Waals surface area contributed by atoms with Crippen LogP contribution in [-0.4, -0.2) is 25.1 Å². The van der Waals surface area contributed by atoms with E-state index in [2.05, 4.69) is 4.98 Å². The number of benzene rings is 2. The first kappa shape index (κ1) is 18.9. The fourth-order valence-corrected chi connectivity index (χ4v) is 4.07. The lowest BCUT2D eigenvalue weighted by atomic mass is 9.97. The molecule has 2 aromatic carbocycles. The van der Waals surface area contributed by atoms with Crippen LogP contribution < -0.4 is 19.8 Å². The molecule has 0 saturated carbocycles. The number of anilines is 1. The first-order valence-corrected chi connectivity index (χ1v) is 9.67. The van der Waals surface area contributed by atoms with E-state index in [1.807, 2.05) is 0 Å². The van der Waals surface area contributed by atoms with E-state index in [1.165, 1.54) is 19.1 Å². The predicted molar refractivity (Wildman–Crippen MR) is 115 cm³/mol. The number of carbonyl (C=O) groups is 1. The topological polar surface area (TPSA) is 81.9 Å². The van der Waals surface area contributed by atoms with E-state index in [-0.39, 0.29) is 16.8 Å². The van der Waals surface area contributed by atoms with Crippen molar-refractivity contribution in [3.05, 3.63) is 94.0 Å². The van der Waals surface area contributed by atoms with Crippen molar-refractivity contribution in [2.45, 2.75) is 6.04 Å². The maximum atomic E-state index is 13.5. The van der Waals surface area contributed by atoms with Gasteiger partial charge in [0.05, 0.1) is 25.2 Å². The van der Waals surface area contributed by atoms with Crippen LogP contribution in [0.1, 0.15) is 27.7 Å². The average Bonchev–Trinajstić information content (AvgIpc) is 3.11. The van der Waals surface area contributed by atoms with E-state index < -0.39 is 11.9 Å². The SMILES string of the molecule is COc1cccc(C2c3c(oc4ccccc4c3=O)C(=O)N2c2ccccn2)c1OC. The van der Waals surface area contributed by atoms with Gasteiger partial charge < -0.3 is 13.9 Å². The molecular formula is C24H18N2O5. The molecule has 5 rings (SSSR count). The molecule has 31 heavy (non-hydrogen) atoms. The number of para-hydroxylation sites is 2. The van der Waals surface area contributed by atoms with E-state index in [0.717, 1.165) is 0 Å². The number of nitrogens with zero attached hydrogens (tertiary/aromatic N) is 2. The first-order chi connectivity index (χ1) is 15.2. The van der Waals surface area contributed by atoms with E-state index in [4.69, 9.17) is 13.9 Å². The minimum Gasteiger partial charge on any atom is -0.493 e. The normalized spacial score (nSPS) is 15.2. The van der Waals surface area contributed by atoms with Crippen molar-refractivity contribution in [1.82, 2.24) is 4.98 Å². The summed E-state index contributed by atoms with van der Waals surface area (Å²) in [6.45, 7) is 0. The number of hydrogen-bond acceptors (Lipinski definition) is 6. The summed E-state index contributed by atoms with van der Waals surface area (Å²) in [6.07, 6.45) is 1.59. The highest BCUT2D eigenvalue weighted by Crippen LogP contribution is 2.45. The third kappa shape index (κ3) is 2.78. The summed E-state index contributed by atoms with van der Waals surface area (Å²) in [4.78, 5) is 32.9. The Labute approximate surface area is 177 Å². The molecule has 0 spiro atoms. The Morgan fingerprint density at radius 2 is 1.74 bits per heavy atom. The number of fused-ring (bicyclic) bond motifs is 2. The van der Waals surface area contributed by atoms with Gasteiger partial charge in [-0.05, 0) is 30.3 Å². The Balaban J connectivity index is 1.86. The van der Waals surface area contributed by atoms with E-state index >= 15 is 0 Å². The van der Waals surface area contributed by atoms with Crippen LogP contribution in [0.3, 0.4) is 0 Å². The van der Waals surface area contributed by atoms with Crippen LogP contribution in [0.25, 0.3) is 11.0 Å². The molecule has 0 radical (unpaired) electrons. The smallest absolute Gasteiger partial charge is 0.296 e. The van der Waals surface area contributed by atoms with Gasteiger partial charge in [0.15, 0.2) is 16.9 Å². The Bertz CT molecular complexity index is 1360. The summed E-state index contributed by atoms with van der Waals surface area (Å²) >= 11 is 0. The van der Waals surface area contributed by atoms with Crippen LogP contribution in [-0.2, 0) is 0 Å². The molecule has 1 amide bonds. The number of amides is 1. The van der Waals surface area contributed by atoms with Gasteiger partial charge in [-0.25, -0.2) is 4.98 Å². The summed E-state index contributed by atoms with van der Waals surface area (Å²) in [6, 6.07) is 16.7. The molecule has 1 atom stereocenters. The number of hydrogen-bond donors (Lipinski definition) is 0. The zero-order valence-electron chi connectivity index (χ0n) is 16.9. The number of pyridine rings is 1. The van der Waals surface area contributed by atoms with Crippen molar-refractivity contribution in [3.63, 3.8) is 0 Å². The molecule has 0 bridgehead atoms. The monoisotopic (exact) mass is 414 g/mol. The van der Waals surface area contributed by atoms with Crippen LogP contribution in [0.5, 0.6) is 11.5 Å². The van der Waals surface area contributed by atoms with Gasteiger partial charge in [0.25, 0.3) is 5.91 Å². The number of ether oxygens (including phenoxy) is 2. The van der Waals surface area contributed by atoms with Crippen molar-refractivity contribution >= 4 is 22.7 Å². The van der Waals surface area contributed by atoms with Gasteiger partial charge in [0.1, 0.15) is 17.4 Å². The largest absolute Gasteiger partial charge is 0.493 e. The molecule has 2 aromatic heterocycles. The summed E-state index contributed by atoms with van der Waals surface area (Å²) in [5.74, 6) is 0.893. The highest BCUT2D eigenvalue weighted by molar-refractivity contribution is 6.10. The highest BCUT2D eigenvalue weighted by Gasteiger charge is 2.45. The summed E-state index contributed by atoms with van der Waals surface area (Å²) in [7, 11) is 3.06. The number of methoxy groups -OCH3 is 2. The van der Waals surface area contributed by atoms with Crippen molar-refractivity contribution in [2.24, 2.45) is 0 Å². The molecule has 0 saturated heterocycles. The van der Waals surface area contributed by atoms with Crippen LogP contribution in [0.2, 0.25) is 0 Å². The fraction of sp³-hybridized carbons (Fsp3) is 0.125. The molecule has 0 aliphatic carbocycles. The second-order valence-corrected chi connectivity index (χ2v) is 7.02. The summed E-state index contributed by atoms with van der Waals surface area (Å²) < 4.78 is 17.0. The Morgan fingerprint density at radius 1 is 0.935 bits per heavy atom. The van der Waals surface area contributed by atoms with E-state index in [0.29, 0.717) is 33.8 Å².